The average molecular weight is 362 g/mol. The maximum atomic E-state index is 12.1. The fourth-order valence-corrected chi connectivity index (χ4v) is 5.37. The standard InChI is InChI=1S/C16H27NO4S2/c1-3-5-6-7-8-9-14-22(18,19)17-23(20,21)16-12-10-15(4-2)11-13-16/h10-13,17H,3-9,14H2,1-2H3. The van der Waals surface area contributed by atoms with Gasteiger partial charge in [-0.15, -0.1) is 4.13 Å². The molecule has 7 heteroatoms. The Morgan fingerprint density at radius 3 is 1.96 bits per heavy atom. The molecule has 0 spiro atoms. The Balaban J connectivity index is 2.57. The lowest BCUT2D eigenvalue weighted by Crippen LogP contribution is -2.32. The molecule has 0 heterocycles. The van der Waals surface area contributed by atoms with Gasteiger partial charge in [-0.25, -0.2) is 16.8 Å². The molecule has 0 saturated carbocycles. The largest absolute Gasteiger partial charge is 0.253 e. The molecule has 0 aromatic heterocycles. The number of rotatable bonds is 11. The summed E-state index contributed by atoms with van der Waals surface area (Å²) in [7, 11) is -7.87. The van der Waals surface area contributed by atoms with Gasteiger partial charge in [-0.05, 0) is 30.5 Å². The number of sulfonamides is 2. The van der Waals surface area contributed by atoms with E-state index in [0.717, 1.165) is 44.1 Å². The highest BCUT2D eigenvalue weighted by Crippen LogP contribution is 2.13. The SMILES string of the molecule is CCCCCCCCS(=O)(=O)NS(=O)(=O)c1ccc(CC)cc1. The van der Waals surface area contributed by atoms with Crippen LogP contribution in [0.1, 0.15) is 57.9 Å². The van der Waals surface area contributed by atoms with Crippen LogP contribution in [-0.4, -0.2) is 22.6 Å². The van der Waals surface area contributed by atoms with Gasteiger partial charge in [-0.2, -0.15) is 0 Å². The van der Waals surface area contributed by atoms with Crippen LogP contribution < -0.4 is 4.13 Å². The van der Waals surface area contributed by atoms with Gasteiger partial charge in [-0.3, -0.25) is 0 Å². The predicted octanol–water partition coefficient (Wildman–Crippen LogP) is 3.22. The molecule has 0 aliphatic carbocycles. The lowest BCUT2D eigenvalue weighted by Gasteiger charge is -2.08. The Morgan fingerprint density at radius 2 is 1.39 bits per heavy atom. The molecule has 23 heavy (non-hydrogen) atoms. The first-order valence-electron chi connectivity index (χ1n) is 8.16. The molecule has 0 amide bonds. The van der Waals surface area contributed by atoms with Crippen molar-refractivity contribution >= 4 is 20.0 Å². The Labute approximate surface area is 140 Å². The second-order valence-electron chi connectivity index (χ2n) is 5.67. The molecule has 0 radical (unpaired) electrons. The first-order chi connectivity index (χ1) is 10.8. The minimum atomic E-state index is -4.03. The van der Waals surface area contributed by atoms with Crippen molar-refractivity contribution in [2.75, 3.05) is 5.75 Å². The summed E-state index contributed by atoms with van der Waals surface area (Å²) < 4.78 is 50.0. The number of unbranched alkanes of at least 4 members (excludes halogenated alkanes) is 5. The number of aryl methyl sites for hydroxylation is 1. The Hall–Kier alpha value is -0.920. The van der Waals surface area contributed by atoms with Gasteiger partial charge in [0.05, 0.1) is 10.6 Å². The molecule has 0 bridgehead atoms. The normalized spacial score (nSPS) is 12.4. The minimum Gasteiger partial charge on any atom is -0.211 e. The lowest BCUT2D eigenvalue weighted by molar-refractivity contribution is 0.570. The summed E-state index contributed by atoms with van der Waals surface area (Å²) in [5.41, 5.74) is 0.999. The van der Waals surface area contributed by atoms with Gasteiger partial charge in [0.1, 0.15) is 0 Å². The topological polar surface area (TPSA) is 80.3 Å². The van der Waals surface area contributed by atoms with Crippen molar-refractivity contribution in [3.8, 4) is 0 Å². The fraction of sp³-hybridized carbons (Fsp3) is 0.625. The smallest absolute Gasteiger partial charge is 0.211 e. The molecular weight excluding hydrogens is 334 g/mol. The second kappa shape index (κ2) is 9.39. The van der Waals surface area contributed by atoms with Crippen molar-refractivity contribution in [1.29, 1.82) is 0 Å². The van der Waals surface area contributed by atoms with Crippen molar-refractivity contribution in [1.82, 2.24) is 4.13 Å². The predicted molar refractivity (Wildman–Crippen MR) is 93.3 cm³/mol. The zero-order valence-electron chi connectivity index (χ0n) is 13.9. The van der Waals surface area contributed by atoms with E-state index in [0.29, 0.717) is 6.42 Å². The van der Waals surface area contributed by atoms with Gasteiger partial charge < -0.3 is 0 Å². The monoisotopic (exact) mass is 361 g/mol. The van der Waals surface area contributed by atoms with Gasteiger partial charge in [0, 0.05) is 0 Å². The summed E-state index contributed by atoms with van der Waals surface area (Å²) in [5.74, 6) is -0.161. The molecule has 0 aliphatic rings. The highest BCUT2D eigenvalue weighted by Gasteiger charge is 2.22. The minimum absolute atomic E-state index is 0.0266. The van der Waals surface area contributed by atoms with Crippen LogP contribution in [0.3, 0.4) is 0 Å². The Morgan fingerprint density at radius 1 is 0.826 bits per heavy atom. The van der Waals surface area contributed by atoms with Crippen molar-refractivity contribution in [3.05, 3.63) is 29.8 Å². The summed E-state index contributed by atoms with van der Waals surface area (Å²) in [5, 5.41) is 0. The average Bonchev–Trinajstić information content (AvgIpc) is 2.50. The Bertz CT molecular complexity index is 665. The zero-order valence-corrected chi connectivity index (χ0v) is 15.5. The summed E-state index contributed by atoms with van der Waals surface area (Å²) in [6, 6.07) is 6.24. The van der Waals surface area contributed by atoms with E-state index in [1.807, 2.05) is 11.1 Å². The maximum absolute atomic E-state index is 12.1. The molecule has 0 saturated heterocycles. The van der Waals surface area contributed by atoms with Crippen molar-refractivity contribution < 1.29 is 16.8 Å². The van der Waals surface area contributed by atoms with Gasteiger partial charge in [-0.1, -0.05) is 58.1 Å². The van der Waals surface area contributed by atoms with Gasteiger partial charge in [0.2, 0.25) is 10.0 Å². The van der Waals surface area contributed by atoms with Crippen LogP contribution in [0.4, 0.5) is 0 Å². The number of benzene rings is 1. The van der Waals surface area contributed by atoms with Crippen molar-refractivity contribution in [2.45, 2.75) is 63.7 Å². The molecular formula is C16H27NO4S2. The third kappa shape index (κ3) is 7.46. The number of hydrogen-bond acceptors (Lipinski definition) is 4. The number of nitrogens with one attached hydrogen (secondary N) is 1. The third-order valence-corrected chi connectivity index (χ3v) is 7.26. The molecule has 1 rings (SSSR count). The van der Waals surface area contributed by atoms with E-state index in [1.54, 1.807) is 12.1 Å². The first-order valence-corrected chi connectivity index (χ1v) is 11.3. The molecule has 0 unspecified atom stereocenters. The van der Waals surface area contributed by atoms with Gasteiger partial charge >= 0.3 is 0 Å². The van der Waals surface area contributed by atoms with Crippen molar-refractivity contribution in [3.63, 3.8) is 0 Å². The highest BCUT2D eigenvalue weighted by molar-refractivity contribution is 8.04. The van der Waals surface area contributed by atoms with Crippen LogP contribution in [0.5, 0.6) is 0 Å². The van der Waals surface area contributed by atoms with E-state index in [9.17, 15) is 16.8 Å². The van der Waals surface area contributed by atoms with E-state index < -0.39 is 20.0 Å². The summed E-state index contributed by atoms with van der Waals surface area (Å²) >= 11 is 0. The van der Waals surface area contributed by atoms with Crippen LogP contribution in [0.2, 0.25) is 0 Å². The Kier molecular flexibility index (Phi) is 8.22. The second-order valence-corrected chi connectivity index (χ2v) is 9.45. The molecule has 132 valence electrons. The van der Waals surface area contributed by atoms with Gasteiger partial charge in [0.15, 0.2) is 0 Å². The molecule has 0 aliphatic heterocycles. The molecule has 0 atom stereocenters. The van der Waals surface area contributed by atoms with Gasteiger partial charge in [0.25, 0.3) is 10.0 Å². The van der Waals surface area contributed by atoms with E-state index >= 15 is 0 Å². The van der Waals surface area contributed by atoms with E-state index in [-0.39, 0.29) is 10.6 Å². The third-order valence-electron chi connectivity index (χ3n) is 3.65. The van der Waals surface area contributed by atoms with Crippen LogP contribution in [-0.2, 0) is 26.5 Å². The van der Waals surface area contributed by atoms with E-state index in [4.69, 9.17) is 0 Å². The maximum Gasteiger partial charge on any atom is 0.253 e. The van der Waals surface area contributed by atoms with Crippen molar-refractivity contribution in [2.24, 2.45) is 0 Å². The van der Waals surface area contributed by atoms with Crippen LogP contribution >= 0.6 is 0 Å². The molecule has 1 aromatic carbocycles. The summed E-state index contributed by atoms with van der Waals surface area (Å²) in [4.78, 5) is -0.0266. The lowest BCUT2D eigenvalue weighted by atomic mass is 10.1. The molecule has 1 N–H and O–H groups in total. The van der Waals surface area contributed by atoms with Crippen LogP contribution in [0.15, 0.2) is 29.2 Å². The number of hydrogen-bond donors (Lipinski definition) is 1. The molecule has 0 fully saturated rings. The zero-order chi connectivity index (χ0) is 17.3. The summed E-state index contributed by atoms with van der Waals surface area (Å²) in [6.45, 7) is 4.08. The summed E-state index contributed by atoms with van der Waals surface area (Å²) in [6.07, 6.45) is 6.42. The van der Waals surface area contributed by atoms with Crippen LogP contribution in [0.25, 0.3) is 0 Å². The molecule has 5 nitrogen and oxygen atoms in total. The fourth-order valence-electron chi connectivity index (χ4n) is 2.23. The van der Waals surface area contributed by atoms with Crippen LogP contribution in [0, 0.1) is 0 Å². The molecule has 1 aromatic rings. The van der Waals surface area contributed by atoms with E-state index in [2.05, 4.69) is 6.92 Å². The quantitative estimate of drug-likeness (QED) is 0.614. The first kappa shape index (κ1) is 20.1. The van der Waals surface area contributed by atoms with E-state index in [1.165, 1.54) is 12.1 Å². The highest BCUT2D eigenvalue weighted by atomic mass is 32.3.